The summed E-state index contributed by atoms with van der Waals surface area (Å²) in [6, 6.07) is 10.6. The highest BCUT2D eigenvalue weighted by atomic mass is 32.1. The molecule has 0 amide bonds. The second kappa shape index (κ2) is 7.72. The first kappa shape index (κ1) is 15.4. The molecule has 20 heavy (non-hydrogen) atoms. The molecule has 0 heterocycles. The van der Waals surface area contributed by atoms with Gasteiger partial charge in [0.25, 0.3) is 0 Å². The Labute approximate surface area is 127 Å². The number of hydrogen-bond acceptors (Lipinski definition) is 3. The Morgan fingerprint density at radius 2 is 2.10 bits per heavy atom. The van der Waals surface area contributed by atoms with E-state index >= 15 is 0 Å². The summed E-state index contributed by atoms with van der Waals surface area (Å²) in [4.78, 5) is 2.84. The largest absolute Gasteiger partial charge is 0.393 e. The lowest BCUT2D eigenvalue weighted by Gasteiger charge is -2.28. The smallest absolute Gasteiger partial charge is 0.0746 e. The molecule has 0 spiro atoms. The maximum atomic E-state index is 5.74. The molecule has 1 aliphatic rings. The zero-order valence-corrected chi connectivity index (χ0v) is 12.9. The van der Waals surface area contributed by atoms with E-state index < -0.39 is 0 Å². The van der Waals surface area contributed by atoms with Crippen LogP contribution in [0.15, 0.2) is 30.3 Å². The van der Waals surface area contributed by atoms with Crippen molar-refractivity contribution in [1.29, 1.82) is 0 Å². The third kappa shape index (κ3) is 5.19. The zero-order valence-electron chi connectivity index (χ0n) is 12.1. The zero-order chi connectivity index (χ0) is 14.4. The predicted molar refractivity (Wildman–Crippen MR) is 86.8 cm³/mol. The fourth-order valence-electron chi connectivity index (χ4n) is 2.29. The first-order chi connectivity index (χ1) is 9.66. The van der Waals surface area contributed by atoms with Gasteiger partial charge >= 0.3 is 0 Å². The first-order valence-electron chi connectivity index (χ1n) is 7.28. The lowest BCUT2D eigenvalue weighted by molar-refractivity contribution is 0.0921. The van der Waals surface area contributed by atoms with E-state index in [1.807, 2.05) is 6.07 Å². The van der Waals surface area contributed by atoms with Crippen LogP contribution >= 0.6 is 12.2 Å². The summed E-state index contributed by atoms with van der Waals surface area (Å²) >= 11 is 5.09. The fourth-order valence-corrected chi connectivity index (χ4v) is 2.45. The molecule has 1 atom stereocenters. The lowest BCUT2D eigenvalue weighted by atomic mass is 10.0. The molecule has 1 saturated carbocycles. The van der Waals surface area contributed by atoms with Crippen molar-refractivity contribution in [3.8, 4) is 0 Å². The van der Waals surface area contributed by atoms with Gasteiger partial charge in [0.2, 0.25) is 0 Å². The summed E-state index contributed by atoms with van der Waals surface area (Å²) in [5.41, 5.74) is 7.00. The average molecular weight is 292 g/mol. The van der Waals surface area contributed by atoms with Crippen molar-refractivity contribution >= 4 is 17.2 Å². The van der Waals surface area contributed by atoms with Gasteiger partial charge in [0.05, 0.1) is 11.6 Å². The molecule has 1 fully saturated rings. The van der Waals surface area contributed by atoms with Crippen LogP contribution in [0.5, 0.6) is 0 Å². The molecule has 0 aliphatic heterocycles. The molecule has 1 aromatic rings. The summed E-state index contributed by atoms with van der Waals surface area (Å²) in [5.74, 6) is 0.821. The number of rotatable bonds is 9. The molecule has 2 N–H and O–H groups in total. The van der Waals surface area contributed by atoms with Gasteiger partial charge in [0.1, 0.15) is 0 Å². The van der Waals surface area contributed by atoms with Crippen molar-refractivity contribution in [2.45, 2.75) is 25.3 Å². The molecular formula is C16H24N2OS. The summed E-state index contributed by atoms with van der Waals surface area (Å²) in [7, 11) is 2.11. The number of hydrogen-bond donors (Lipinski definition) is 1. The molecule has 1 aromatic carbocycles. The maximum Gasteiger partial charge on any atom is 0.0746 e. The molecule has 2 rings (SSSR count). The van der Waals surface area contributed by atoms with Gasteiger partial charge in [0.15, 0.2) is 0 Å². The second-order valence-corrected chi connectivity index (χ2v) is 6.12. The topological polar surface area (TPSA) is 38.5 Å². The summed E-state index contributed by atoms with van der Waals surface area (Å²) < 4.78 is 5.71. The third-order valence-electron chi connectivity index (χ3n) is 3.75. The van der Waals surface area contributed by atoms with Gasteiger partial charge in [-0.05, 0) is 31.4 Å². The Balaban J connectivity index is 1.85. The SMILES string of the molecule is CN(CCOCC1CC1)C(CC(N)=S)c1ccccc1. The first-order valence-corrected chi connectivity index (χ1v) is 7.69. The molecule has 1 aliphatic carbocycles. The average Bonchev–Trinajstić information content (AvgIpc) is 3.25. The molecule has 0 aromatic heterocycles. The number of thiocarbonyl (C=S) groups is 1. The molecule has 3 nitrogen and oxygen atoms in total. The van der Waals surface area contributed by atoms with E-state index in [4.69, 9.17) is 22.7 Å². The minimum absolute atomic E-state index is 0.234. The number of nitrogens with zero attached hydrogens (tertiary/aromatic N) is 1. The van der Waals surface area contributed by atoms with Crippen LogP contribution < -0.4 is 5.73 Å². The standard InChI is InChI=1S/C16H24N2OS/c1-18(9-10-19-12-13-7-8-13)15(11-16(17)20)14-5-3-2-4-6-14/h2-6,13,15H,7-12H2,1H3,(H2,17,20). The number of ether oxygens (including phenoxy) is 1. The van der Waals surface area contributed by atoms with Crippen LogP contribution in [0.3, 0.4) is 0 Å². The van der Waals surface area contributed by atoms with E-state index in [0.717, 1.165) is 25.7 Å². The van der Waals surface area contributed by atoms with E-state index in [1.54, 1.807) is 0 Å². The fraction of sp³-hybridized carbons (Fsp3) is 0.562. The number of nitrogens with two attached hydrogens (primary N) is 1. The summed E-state index contributed by atoms with van der Waals surface area (Å²) in [6.07, 6.45) is 3.38. The monoisotopic (exact) mass is 292 g/mol. The minimum atomic E-state index is 0.234. The highest BCUT2D eigenvalue weighted by molar-refractivity contribution is 7.80. The highest BCUT2D eigenvalue weighted by Crippen LogP contribution is 2.28. The van der Waals surface area contributed by atoms with Crippen LogP contribution in [-0.2, 0) is 4.74 Å². The third-order valence-corrected chi connectivity index (χ3v) is 3.92. The lowest BCUT2D eigenvalue weighted by Crippen LogP contribution is -2.31. The Hall–Kier alpha value is -0.970. The van der Waals surface area contributed by atoms with Gasteiger partial charge in [-0.3, -0.25) is 4.90 Å². The molecule has 0 radical (unpaired) electrons. The van der Waals surface area contributed by atoms with E-state index in [-0.39, 0.29) is 6.04 Å². The normalized spacial score (nSPS) is 16.3. The van der Waals surface area contributed by atoms with Crippen molar-refractivity contribution in [3.05, 3.63) is 35.9 Å². The van der Waals surface area contributed by atoms with Gasteiger partial charge < -0.3 is 10.5 Å². The van der Waals surface area contributed by atoms with Gasteiger partial charge in [-0.1, -0.05) is 42.5 Å². The molecule has 110 valence electrons. The molecule has 0 saturated heterocycles. The van der Waals surface area contributed by atoms with E-state index in [9.17, 15) is 0 Å². The van der Waals surface area contributed by atoms with Crippen LogP contribution in [0.2, 0.25) is 0 Å². The van der Waals surface area contributed by atoms with Crippen LogP contribution in [0.4, 0.5) is 0 Å². The van der Waals surface area contributed by atoms with Crippen LogP contribution in [-0.4, -0.2) is 36.7 Å². The van der Waals surface area contributed by atoms with Crippen molar-refractivity contribution < 1.29 is 4.74 Å². The van der Waals surface area contributed by atoms with Gasteiger partial charge in [0, 0.05) is 25.6 Å². The Kier molecular flexibility index (Phi) is 5.95. The molecule has 0 bridgehead atoms. The van der Waals surface area contributed by atoms with E-state index in [2.05, 4.69) is 36.2 Å². The molecule has 1 unspecified atom stereocenters. The Bertz CT molecular complexity index is 420. The van der Waals surface area contributed by atoms with Gasteiger partial charge in [-0.15, -0.1) is 0 Å². The van der Waals surface area contributed by atoms with E-state index in [0.29, 0.717) is 11.4 Å². The van der Waals surface area contributed by atoms with Crippen molar-refractivity contribution in [2.24, 2.45) is 11.7 Å². The quantitative estimate of drug-likeness (QED) is 0.561. The van der Waals surface area contributed by atoms with Crippen LogP contribution in [0.1, 0.15) is 30.9 Å². The highest BCUT2D eigenvalue weighted by Gasteiger charge is 2.22. The summed E-state index contributed by atoms with van der Waals surface area (Å²) in [6.45, 7) is 2.59. The van der Waals surface area contributed by atoms with Crippen LogP contribution in [0, 0.1) is 5.92 Å². The van der Waals surface area contributed by atoms with E-state index in [1.165, 1.54) is 18.4 Å². The van der Waals surface area contributed by atoms with Crippen molar-refractivity contribution in [1.82, 2.24) is 4.90 Å². The predicted octanol–water partition coefficient (Wildman–Crippen LogP) is 2.76. The molecule has 4 heteroatoms. The van der Waals surface area contributed by atoms with Crippen molar-refractivity contribution in [3.63, 3.8) is 0 Å². The van der Waals surface area contributed by atoms with Gasteiger partial charge in [-0.25, -0.2) is 0 Å². The maximum absolute atomic E-state index is 5.74. The minimum Gasteiger partial charge on any atom is -0.393 e. The number of benzene rings is 1. The summed E-state index contributed by atoms with van der Waals surface area (Å²) in [5, 5.41) is 0. The Morgan fingerprint density at radius 1 is 1.40 bits per heavy atom. The second-order valence-electron chi connectivity index (χ2n) is 5.60. The van der Waals surface area contributed by atoms with Crippen molar-refractivity contribution in [2.75, 3.05) is 26.8 Å². The Morgan fingerprint density at radius 3 is 2.70 bits per heavy atom. The molecular weight excluding hydrogens is 268 g/mol. The van der Waals surface area contributed by atoms with Crippen LogP contribution in [0.25, 0.3) is 0 Å². The number of likely N-dealkylation sites (N-methyl/N-ethyl adjacent to an activating group) is 1. The van der Waals surface area contributed by atoms with Gasteiger partial charge in [-0.2, -0.15) is 0 Å².